The van der Waals surface area contributed by atoms with Gasteiger partial charge in [-0.2, -0.15) is 0 Å². The van der Waals surface area contributed by atoms with Gasteiger partial charge in [-0.1, -0.05) is 109 Å². The van der Waals surface area contributed by atoms with E-state index >= 15 is 0 Å². The average Bonchev–Trinajstić information content (AvgIpc) is 3.85. The molecule has 0 bridgehead atoms. The van der Waals surface area contributed by atoms with E-state index in [1.54, 1.807) is 0 Å². The first-order valence-corrected chi connectivity index (χ1v) is 18.6. The molecule has 3 heterocycles. The van der Waals surface area contributed by atoms with Crippen molar-refractivity contribution in [3.63, 3.8) is 0 Å². The molecule has 11 aromatic rings. The van der Waals surface area contributed by atoms with Crippen molar-refractivity contribution in [2.45, 2.75) is 0 Å². The quantitative estimate of drug-likeness (QED) is 0.181. The number of hydrogen-bond donors (Lipinski definition) is 0. The van der Waals surface area contributed by atoms with Gasteiger partial charge in [0.2, 0.25) is 0 Å². The highest BCUT2D eigenvalue weighted by atomic mass is 32.1. The lowest BCUT2D eigenvalue weighted by atomic mass is 10.0. The van der Waals surface area contributed by atoms with Crippen molar-refractivity contribution < 1.29 is 0 Å². The maximum absolute atomic E-state index is 2.49. The van der Waals surface area contributed by atoms with Crippen molar-refractivity contribution in [1.29, 1.82) is 0 Å². The normalized spacial score (nSPS) is 12.0. The molecule has 0 unspecified atom stereocenters. The first-order chi connectivity index (χ1) is 24.8. The maximum Gasteiger partial charge on any atom is 0.0561 e. The molecule has 0 atom stereocenters. The van der Waals surface area contributed by atoms with Crippen LogP contribution >= 0.6 is 22.7 Å². The molecule has 0 amide bonds. The van der Waals surface area contributed by atoms with Gasteiger partial charge in [-0.3, -0.25) is 0 Å². The summed E-state index contributed by atoms with van der Waals surface area (Å²) in [5.74, 6) is 0. The number of para-hydroxylation sites is 2. The molecule has 4 heteroatoms. The van der Waals surface area contributed by atoms with Gasteiger partial charge in [0.1, 0.15) is 0 Å². The van der Waals surface area contributed by atoms with E-state index in [0.717, 1.165) is 17.1 Å². The third-order valence-corrected chi connectivity index (χ3v) is 12.5. The first-order valence-electron chi connectivity index (χ1n) is 16.9. The Morgan fingerprint density at radius 2 is 1.06 bits per heavy atom. The summed E-state index contributed by atoms with van der Waals surface area (Å²) in [6, 6.07) is 62.4. The second-order valence-electron chi connectivity index (χ2n) is 12.9. The summed E-state index contributed by atoms with van der Waals surface area (Å²) in [4.78, 5) is 2.49. The lowest BCUT2D eigenvalue weighted by Gasteiger charge is -2.27. The smallest absolute Gasteiger partial charge is 0.0561 e. The molecule has 0 aliphatic carbocycles. The maximum atomic E-state index is 2.49. The summed E-state index contributed by atoms with van der Waals surface area (Å²) >= 11 is 3.76. The molecule has 11 rings (SSSR count). The highest BCUT2D eigenvalue weighted by Gasteiger charge is 2.22. The van der Waals surface area contributed by atoms with Crippen LogP contribution < -0.4 is 4.90 Å². The zero-order valence-corrected chi connectivity index (χ0v) is 28.5. The van der Waals surface area contributed by atoms with Crippen LogP contribution in [-0.2, 0) is 0 Å². The van der Waals surface area contributed by atoms with Gasteiger partial charge < -0.3 is 9.47 Å². The van der Waals surface area contributed by atoms with Crippen molar-refractivity contribution in [3.05, 3.63) is 170 Å². The van der Waals surface area contributed by atoms with Gasteiger partial charge in [-0.25, -0.2) is 0 Å². The predicted octanol–water partition coefficient (Wildman–Crippen LogP) is 14.1. The fourth-order valence-corrected chi connectivity index (χ4v) is 10.4. The average molecular weight is 673 g/mol. The van der Waals surface area contributed by atoms with Gasteiger partial charge in [-0.05, 0) is 71.4 Å². The van der Waals surface area contributed by atoms with E-state index in [9.17, 15) is 0 Å². The van der Waals surface area contributed by atoms with E-state index in [1.165, 1.54) is 78.6 Å². The number of aromatic nitrogens is 1. The number of anilines is 3. The van der Waals surface area contributed by atoms with Crippen molar-refractivity contribution in [2.24, 2.45) is 0 Å². The number of hydrogen-bond acceptors (Lipinski definition) is 3. The van der Waals surface area contributed by atoms with Gasteiger partial charge in [0.05, 0.1) is 16.7 Å². The molecule has 0 fully saturated rings. The zero-order chi connectivity index (χ0) is 32.8. The second-order valence-corrected chi connectivity index (χ2v) is 15.1. The Hall–Kier alpha value is -5.94. The third kappa shape index (κ3) is 4.07. The van der Waals surface area contributed by atoms with E-state index in [0.29, 0.717) is 0 Å². The monoisotopic (exact) mass is 672 g/mol. The highest BCUT2D eigenvalue weighted by Crippen LogP contribution is 2.48. The standard InChI is InChI=1S/C46H28N2S2/c1-2-12-30(13-3-1)48-39-17-8-6-15-34(39)35-25-22-31(27-41(35)48)47(32-23-26-37-36-16-7-9-19-42(36)49-44(37)28-32)40-18-10-20-43-45(40)38-24-21-29-11-4-5-14-33(29)46(38)50-43/h1-28H. The zero-order valence-electron chi connectivity index (χ0n) is 26.9. The van der Waals surface area contributed by atoms with Gasteiger partial charge in [0.25, 0.3) is 0 Å². The number of benzene rings is 8. The number of thiophene rings is 2. The minimum absolute atomic E-state index is 1.13. The van der Waals surface area contributed by atoms with Crippen molar-refractivity contribution >= 4 is 113 Å². The highest BCUT2D eigenvalue weighted by molar-refractivity contribution is 7.27. The minimum Gasteiger partial charge on any atom is -0.310 e. The molecule has 8 aromatic carbocycles. The summed E-state index contributed by atoms with van der Waals surface area (Å²) in [5, 5.41) is 10.3. The largest absolute Gasteiger partial charge is 0.310 e. The molecule has 0 spiro atoms. The molecule has 2 nitrogen and oxygen atoms in total. The van der Waals surface area contributed by atoms with Crippen LogP contribution in [0.3, 0.4) is 0 Å². The molecule has 234 valence electrons. The molecular weight excluding hydrogens is 645 g/mol. The summed E-state index contributed by atoms with van der Waals surface area (Å²) in [6.45, 7) is 0. The lowest BCUT2D eigenvalue weighted by Crippen LogP contribution is -2.10. The summed E-state index contributed by atoms with van der Waals surface area (Å²) in [6.07, 6.45) is 0. The van der Waals surface area contributed by atoms with E-state index in [4.69, 9.17) is 0 Å². The van der Waals surface area contributed by atoms with Crippen LogP contribution in [0, 0.1) is 0 Å². The Kier molecular flexibility index (Phi) is 6.03. The van der Waals surface area contributed by atoms with Crippen LogP contribution in [0.1, 0.15) is 0 Å². The van der Waals surface area contributed by atoms with E-state index in [1.807, 2.05) is 22.7 Å². The van der Waals surface area contributed by atoms with E-state index in [2.05, 4.69) is 179 Å². The Bertz CT molecular complexity index is 3110. The number of rotatable bonds is 4. The Balaban J connectivity index is 1.23. The molecule has 50 heavy (non-hydrogen) atoms. The van der Waals surface area contributed by atoms with Crippen molar-refractivity contribution in [2.75, 3.05) is 4.90 Å². The fraction of sp³-hybridized carbons (Fsp3) is 0. The molecule has 0 N–H and O–H groups in total. The summed E-state index contributed by atoms with van der Waals surface area (Å²) < 4.78 is 7.65. The Labute approximate surface area is 296 Å². The molecule has 0 aliphatic rings. The van der Waals surface area contributed by atoms with Crippen LogP contribution in [-0.4, -0.2) is 4.57 Å². The fourth-order valence-electron chi connectivity index (χ4n) is 7.96. The third-order valence-electron chi connectivity index (χ3n) is 10.2. The topological polar surface area (TPSA) is 8.17 Å². The predicted molar refractivity (Wildman–Crippen MR) is 219 cm³/mol. The number of nitrogens with zero attached hydrogens (tertiary/aromatic N) is 2. The van der Waals surface area contributed by atoms with Crippen LogP contribution in [0.4, 0.5) is 17.1 Å². The first kappa shape index (κ1) is 28.0. The van der Waals surface area contributed by atoms with Gasteiger partial charge in [-0.15, -0.1) is 22.7 Å². The van der Waals surface area contributed by atoms with Gasteiger partial charge in [0.15, 0.2) is 0 Å². The van der Waals surface area contributed by atoms with Crippen molar-refractivity contribution in [1.82, 2.24) is 4.57 Å². The minimum atomic E-state index is 1.13. The summed E-state index contributed by atoms with van der Waals surface area (Å²) in [7, 11) is 0. The van der Waals surface area contributed by atoms with Crippen LogP contribution in [0.5, 0.6) is 0 Å². The molecule has 0 radical (unpaired) electrons. The van der Waals surface area contributed by atoms with Crippen LogP contribution in [0.25, 0.3) is 78.6 Å². The van der Waals surface area contributed by atoms with E-state index in [-0.39, 0.29) is 0 Å². The molecule has 0 saturated carbocycles. The second kappa shape index (κ2) is 10.8. The molecule has 0 saturated heterocycles. The molecule has 0 aliphatic heterocycles. The van der Waals surface area contributed by atoms with Crippen LogP contribution in [0.2, 0.25) is 0 Å². The Morgan fingerprint density at radius 1 is 0.400 bits per heavy atom. The Morgan fingerprint density at radius 3 is 1.96 bits per heavy atom. The molecule has 3 aromatic heterocycles. The lowest BCUT2D eigenvalue weighted by molar-refractivity contribution is 1.18. The van der Waals surface area contributed by atoms with Gasteiger partial charge in [0, 0.05) is 68.2 Å². The molecular formula is C46H28N2S2. The van der Waals surface area contributed by atoms with Gasteiger partial charge >= 0.3 is 0 Å². The van der Waals surface area contributed by atoms with Crippen molar-refractivity contribution in [3.8, 4) is 5.69 Å². The SMILES string of the molecule is c1ccc(-n2c3ccccc3c3ccc(N(c4ccc5c(c4)sc4ccccc45)c4cccc5sc6c7ccccc7ccc6c45)cc32)cc1. The van der Waals surface area contributed by atoms with E-state index < -0.39 is 0 Å². The number of fused-ring (bicyclic) bond motifs is 11. The van der Waals surface area contributed by atoms with Crippen LogP contribution in [0.15, 0.2) is 170 Å². The summed E-state index contributed by atoms with van der Waals surface area (Å²) in [5.41, 5.74) is 7.03.